The van der Waals surface area contributed by atoms with E-state index in [4.69, 9.17) is 0 Å². The third-order valence-electron chi connectivity index (χ3n) is 12.2. The molecule has 0 saturated heterocycles. The van der Waals surface area contributed by atoms with Crippen LogP contribution in [0.3, 0.4) is 0 Å². The normalized spacial score (nSPS) is 13.0. The monoisotopic (exact) mass is 1100 g/mol. The molecule has 2 atom stereocenters. The third-order valence-corrected chi connectivity index (χ3v) is 12.2. The van der Waals surface area contributed by atoms with Gasteiger partial charge in [0, 0.05) is 94.2 Å². The molecule has 12 heteroatoms. The first-order valence-corrected chi connectivity index (χ1v) is 22.5. The van der Waals surface area contributed by atoms with Crippen molar-refractivity contribution in [1.29, 1.82) is 0 Å². The van der Waals surface area contributed by atoms with Crippen LogP contribution in [0, 0.1) is 17.7 Å². The molecule has 0 aliphatic carbocycles. The predicted octanol–water partition coefficient (Wildman–Crippen LogP) is 15.1. The van der Waals surface area contributed by atoms with Gasteiger partial charge in [-0.25, -0.2) is 0 Å². The zero-order valence-electron chi connectivity index (χ0n) is 39.3. The van der Waals surface area contributed by atoms with Crippen LogP contribution in [-0.2, 0) is 37.1 Å². The molecule has 9 rings (SSSR count). The number of para-hydroxylation sites is 2. The van der Waals surface area contributed by atoms with Gasteiger partial charge < -0.3 is 24.3 Å². The molecule has 353 valence electrons. The van der Waals surface area contributed by atoms with Crippen LogP contribution in [0.2, 0.25) is 0 Å². The van der Waals surface area contributed by atoms with Gasteiger partial charge in [0.25, 0.3) is 0 Å². The van der Waals surface area contributed by atoms with Gasteiger partial charge in [-0.1, -0.05) is 127 Å². The molecule has 0 fully saturated rings. The minimum atomic E-state index is -4.46. The Morgan fingerprint density at radius 2 is 1.22 bits per heavy atom. The van der Waals surface area contributed by atoms with Crippen molar-refractivity contribution in [2.45, 2.75) is 97.1 Å². The van der Waals surface area contributed by atoms with Crippen molar-refractivity contribution in [1.82, 2.24) is 29.3 Å². The zero-order chi connectivity index (χ0) is 47.8. The van der Waals surface area contributed by atoms with E-state index in [1.54, 1.807) is 24.4 Å². The maximum atomic E-state index is 14.8. The molecule has 0 amide bonds. The Morgan fingerprint density at radius 3 is 1.74 bits per heavy atom. The summed E-state index contributed by atoms with van der Waals surface area (Å²) in [6.07, 6.45) is 0.541. The van der Waals surface area contributed by atoms with Gasteiger partial charge in [0.1, 0.15) is 5.69 Å². The van der Waals surface area contributed by atoms with E-state index in [1.807, 2.05) is 12.1 Å². The van der Waals surface area contributed by atoms with Gasteiger partial charge in [-0.2, -0.15) is 13.2 Å². The number of rotatable bonds is 9. The molecular formula is C56H53F5IrN6-2. The molecule has 0 aliphatic rings. The summed E-state index contributed by atoms with van der Waals surface area (Å²) in [6.45, 7) is 18.2. The second-order valence-electron chi connectivity index (χ2n) is 19.2. The van der Waals surface area contributed by atoms with E-state index in [2.05, 4.69) is 170 Å². The molecule has 0 N–H and O–H groups in total. The summed E-state index contributed by atoms with van der Waals surface area (Å²) in [5.41, 5.74) is 9.52. The van der Waals surface area contributed by atoms with Crippen LogP contribution in [-0.4, -0.2) is 24.2 Å². The molecule has 0 aliphatic heterocycles. The van der Waals surface area contributed by atoms with E-state index in [0.717, 1.165) is 48.0 Å². The number of hydrogen-bond acceptors (Lipinski definition) is 3. The molecule has 4 aromatic carbocycles. The number of nitrogens with zero attached hydrogens (tertiary/aromatic N) is 6. The molecule has 0 bridgehead atoms. The number of halogens is 5. The number of hydrogen-bond donors (Lipinski definition) is 0. The van der Waals surface area contributed by atoms with Crippen LogP contribution in [0.25, 0.3) is 55.8 Å². The Bertz CT molecular complexity index is 3060. The Labute approximate surface area is 408 Å². The van der Waals surface area contributed by atoms with Crippen LogP contribution in [0.4, 0.5) is 22.0 Å². The van der Waals surface area contributed by atoms with Crippen LogP contribution >= 0.6 is 0 Å². The summed E-state index contributed by atoms with van der Waals surface area (Å²) >= 11 is 0. The number of benzene rings is 4. The predicted molar refractivity (Wildman–Crippen MR) is 258 cm³/mol. The van der Waals surface area contributed by atoms with Crippen molar-refractivity contribution >= 4 is 21.8 Å². The molecule has 9 aromatic rings. The Morgan fingerprint density at radius 1 is 0.647 bits per heavy atom. The van der Waals surface area contributed by atoms with E-state index >= 15 is 0 Å². The van der Waals surface area contributed by atoms with Crippen molar-refractivity contribution in [2.24, 2.45) is 0 Å². The summed E-state index contributed by atoms with van der Waals surface area (Å²) in [5.74, 6) is -0.921. The number of pyridine rings is 2. The van der Waals surface area contributed by atoms with Crippen LogP contribution in [0.1, 0.15) is 108 Å². The molecule has 0 saturated carbocycles. The molecule has 6 nitrogen and oxygen atoms in total. The van der Waals surface area contributed by atoms with Crippen LogP contribution in [0.15, 0.2) is 140 Å². The average molecular weight is 1100 g/mol. The summed E-state index contributed by atoms with van der Waals surface area (Å²) < 4.78 is 70.0. The SMILES string of the molecule is CCC(CC(C)c1cc(-n2c(C(C)(C)C)cc3ccccc32)cc(-n2c(C(C)(C)C)cc3ccccc32)c1)c1ccnc(-c2[c-]cc(F)cc2F)c1.FC(F)(F)c1cc(-c2ccccn2)[n-]n1.[Ir]. The van der Waals surface area contributed by atoms with Crippen molar-refractivity contribution in [3.63, 3.8) is 0 Å². The van der Waals surface area contributed by atoms with E-state index in [0.29, 0.717) is 11.4 Å². The van der Waals surface area contributed by atoms with Gasteiger partial charge >= 0.3 is 6.18 Å². The zero-order valence-corrected chi connectivity index (χ0v) is 41.6. The Balaban J connectivity index is 0.000000363. The van der Waals surface area contributed by atoms with E-state index in [-0.39, 0.29) is 54.0 Å². The minimum Gasteiger partial charge on any atom is -0.573 e. The minimum absolute atomic E-state index is 0. The van der Waals surface area contributed by atoms with E-state index in [1.165, 1.54) is 45.0 Å². The second-order valence-corrected chi connectivity index (χ2v) is 19.2. The standard InChI is InChI=1S/C47H48F2N3.C9H5F3N3.Ir/c1-9-31(32-20-21-50-41(25-32)39-19-18-36(48)28-40(39)49)22-30(2)35-23-37(51-42-16-12-10-14-33(42)26-44(51)46(3,4)5)29-38(24-35)52-43-17-13-11-15-34(43)27-45(52)47(6,7)8;10-9(11,12)8-5-7(14-15-8)6-3-1-2-4-13-6;/h10-18,20-21,23-31H,9,22H2,1-8H3;1-5H;/q2*-1;. The van der Waals surface area contributed by atoms with Crippen molar-refractivity contribution in [3.8, 4) is 34.0 Å². The smallest absolute Gasteiger partial charge is 0.431 e. The van der Waals surface area contributed by atoms with Crippen LogP contribution < -0.4 is 5.10 Å². The number of alkyl halides is 3. The molecule has 2 unspecified atom stereocenters. The van der Waals surface area contributed by atoms with Gasteiger partial charge in [-0.15, -0.1) is 12.1 Å². The Kier molecular flexibility index (Phi) is 14.4. The molecule has 5 aromatic heterocycles. The first-order chi connectivity index (χ1) is 31.8. The van der Waals surface area contributed by atoms with Gasteiger partial charge in [0.05, 0.1) is 11.0 Å². The summed E-state index contributed by atoms with van der Waals surface area (Å²) in [6, 6.07) is 43.7. The quantitative estimate of drug-likeness (QED) is 0.107. The second kappa shape index (κ2) is 19.8. The fourth-order valence-electron chi connectivity index (χ4n) is 8.78. The fourth-order valence-corrected chi connectivity index (χ4v) is 8.78. The van der Waals surface area contributed by atoms with Crippen molar-refractivity contribution < 1.29 is 42.1 Å². The molecule has 68 heavy (non-hydrogen) atoms. The largest absolute Gasteiger partial charge is 0.573 e. The summed E-state index contributed by atoms with van der Waals surface area (Å²) in [5, 5.41) is 8.92. The molecule has 1 radical (unpaired) electrons. The Hall–Kier alpha value is -6.23. The maximum absolute atomic E-state index is 14.8. The topological polar surface area (TPSA) is 62.6 Å². The fraction of sp³-hybridized carbons (Fsp3) is 0.268. The average Bonchev–Trinajstić information content (AvgIpc) is 4.06. The van der Waals surface area contributed by atoms with Crippen molar-refractivity contribution in [3.05, 3.63) is 186 Å². The van der Waals surface area contributed by atoms with Gasteiger partial charge in [-0.05, 0) is 103 Å². The van der Waals surface area contributed by atoms with Gasteiger partial charge in [0.15, 0.2) is 0 Å². The van der Waals surface area contributed by atoms with Gasteiger partial charge in [0.2, 0.25) is 0 Å². The van der Waals surface area contributed by atoms with Crippen molar-refractivity contribution in [2.75, 3.05) is 0 Å². The van der Waals surface area contributed by atoms with Gasteiger partial charge in [-0.3, -0.25) is 13.8 Å². The first-order valence-electron chi connectivity index (χ1n) is 22.5. The number of fused-ring (bicyclic) bond motifs is 2. The summed E-state index contributed by atoms with van der Waals surface area (Å²) in [4.78, 5) is 8.32. The van der Waals surface area contributed by atoms with E-state index in [9.17, 15) is 22.0 Å². The van der Waals surface area contributed by atoms with Crippen LogP contribution in [0.5, 0.6) is 0 Å². The molecule has 0 spiro atoms. The number of aromatic nitrogens is 6. The molecule has 5 heterocycles. The summed E-state index contributed by atoms with van der Waals surface area (Å²) in [7, 11) is 0. The first kappa shape index (κ1) is 49.7. The molecular weight excluding hydrogens is 1040 g/mol. The van der Waals surface area contributed by atoms with E-state index < -0.39 is 23.5 Å². The maximum Gasteiger partial charge on any atom is 0.431 e. The third kappa shape index (κ3) is 10.6.